The van der Waals surface area contributed by atoms with E-state index in [4.69, 9.17) is 16.3 Å². The largest absolute Gasteiger partial charge is 0.495 e. The molecule has 0 saturated heterocycles. The highest BCUT2D eigenvalue weighted by Gasteiger charge is 2.40. The SMILES string of the molecule is CCC(O)(CC(C)(C)c1ccc(Cl)c(OC)c1)C(=O)O. The van der Waals surface area contributed by atoms with Crippen LogP contribution in [-0.2, 0) is 10.2 Å². The minimum absolute atomic E-state index is 0.108. The third-order valence-electron chi connectivity index (χ3n) is 3.65. The minimum atomic E-state index is -1.74. The molecule has 1 atom stereocenters. The second-order valence-electron chi connectivity index (χ2n) is 5.60. The average Bonchev–Trinajstić information content (AvgIpc) is 2.38. The number of aliphatic hydroxyl groups is 1. The Hall–Kier alpha value is -1.26. The number of benzene rings is 1. The Morgan fingerprint density at radius 2 is 2.00 bits per heavy atom. The summed E-state index contributed by atoms with van der Waals surface area (Å²) >= 11 is 5.99. The van der Waals surface area contributed by atoms with Crippen molar-refractivity contribution in [3.8, 4) is 5.75 Å². The van der Waals surface area contributed by atoms with Crippen molar-refractivity contribution < 1.29 is 19.7 Å². The van der Waals surface area contributed by atoms with Gasteiger partial charge in [-0.05, 0) is 36.0 Å². The van der Waals surface area contributed by atoms with E-state index in [1.807, 2.05) is 19.9 Å². The van der Waals surface area contributed by atoms with Crippen molar-refractivity contribution in [3.63, 3.8) is 0 Å². The van der Waals surface area contributed by atoms with Crippen LogP contribution >= 0.6 is 11.6 Å². The number of carboxylic acid groups (broad SMARTS) is 1. The van der Waals surface area contributed by atoms with Crippen molar-refractivity contribution >= 4 is 17.6 Å². The molecule has 0 radical (unpaired) electrons. The van der Waals surface area contributed by atoms with Gasteiger partial charge in [0.1, 0.15) is 5.75 Å². The lowest BCUT2D eigenvalue weighted by Crippen LogP contribution is -2.43. The number of hydrogen-bond acceptors (Lipinski definition) is 3. The van der Waals surface area contributed by atoms with Gasteiger partial charge in [0.05, 0.1) is 12.1 Å². The van der Waals surface area contributed by atoms with E-state index in [9.17, 15) is 15.0 Å². The summed E-state index contributed by atoms with van der Waals surface area (Å²) in [6, 6.07) is 5.31. The van der Waals surface area contributed by atoms with Gasteiger partial charge in [-0.3, -0.25) is 0 Å². The van der Waals surface area contributed by atoms with E-state index >= 15 is 0 Å². The van der Waals surface area contributed by atoms with Gasteiger partial charge in [-0.2, -0.15) is 0 Å². The summed E-state index contributed by atoms with van der Waals surface area (Å²) < 4.78 is 5.17. The lowest BCUT2D eigenvalue weighted by molar-refractivity contribution is -0.161. The van der Waals surface area contributed by atoms with Crippen molar-refractivity contribution in [3.05, 3.63) is 28.8 Å². The predicted molar refractivity (Wildman–Crippen MR) is 78.5 cm³/mol. The fourth-order valence-electron chi connectivity index (χ4n) is 2.27. The van der Waals surface area contributed by atoms with Crippen LogP contribution in [0.2, 0.25) is 5.02 Å². The Kier molecular flexibility index (Phi) is 5.05. The Labute approximate surface area is 124 Å². The molecule has 112 valence electrons. The van der Waals surface area contributed by atoms with Crippen LogP contribution in [0.15, 0.2) is 18.2 Å². The Bertz CT molecular complexity index is 499. The summed E-state index contributed by atoms with van der Waals surface area (Å²) in [5.41, 5.74) is -1.40. The molecule has 5 heteroatoms. The minimum Gasteiger partial charge on any atom is -0.495 e. The molecule has 0 spiro atoms. The number of hydrogen-bond donors (Lipinski definition) is 2. The summed E-state index contributed by atoms with van der Waals surface area (Å²) in [5.74, 6) is -0.665. The quantitative estimate of drug-likeness (QED) is 0.846. The molecule has 0 heterocycles. The normalized spacial score (nSPS) is 14.7. The van der Waals surface area contributed by atoms with E-state index in [1.165, 1.54) is 7.11 Å². The van der Waals surface area contributed by atoms with Crippen LogP contribution in [0.25, 0.3) is 0 Å². The molecule has 0 aliphatic rings. The maximum atomic E-state index is 11.2. The molecule has 2 N–H and O–H groups in total. The van der Waals surface area contributed by atoms with Crippen molar-refractivity contribution in [1.82, 2.24) is 0 Å². The van der Waals surface area contributed by atoms with Gasteiger partial charge in [-0.15, -0.1) is 0 Å². The molecule has 0 saturated carbocycles. The topological polar surface area (TPSA) is 66.8 Å². The highest BCUT2D eigenvalue weighted by atomic mass is 35.5. The van der Waals surface area contributed by atoms with Gasteiger partial charge < -0.3 is 14.9 Å². The maximum absolute atomic E-state index is 11.2. The molecule has 0 aromatic heterocycles. The van der Waals surface area contributed by atoms with Gasteiger partial charge >= 0.3 is 5.97 Å². The van der Waals surface area contributed by atoms with E-state index < -0.39 is 17.0 Å². The van der Waals surface area contributed by atoms with E-state index in [1.54, 1.807) is 19.1 Å². The Morgan fingerprint density at radius 3 is 2.45 bits per heavy atom. The number of halogens is 1. The molecule has 20 heavy (non-hydrogen) atoms. The van der Waals surface area contributed by atoms with Crippen molar-refractivity contribution in [2.45, 2.75) is 44.6 Å². The molecular weight excluding hydrogens is 280 g/mol. The van der Waals surface area contributed by atoms with E-state index in [0.29, 0.717) is 10.8 Å². The number of methoxy groups -OCH3 is 1. The third-order valence-corrected chi connectivity index (χ3v) is 3.96. The van der Waals surface area contributed by atoms with Gasteiger partial charge in [0.15, 0.2) is 5.60 Å². The van der Waals surface area contributed by atoms with Crippen molar-refractivity contribution in [2.75, 3.05) is 7.11 Å². The molecule has 1 aromatic rings. The fraction of sp³-hybridized carbons (Fsp3) is 0.533. The lowest BCUT2D eigenvalue weighted by atomic mass is 9.74. The molecule has 0 fully saturated rings. The molecular formula is C15H21ClO4. The molecule has 0 aliphatic heterocycles. The Balaban J connectivity index is 3.13. The first-order chi connectivity index (χ1) is 9.16. The Morgan fingerprint density at radius 1 is 1.40 bits per heavy atom. The van der Waals surface area contributed by atoms with Gasteiger partial charge in [0, 0.05) is 0 Å². The molecule has 1 rings (SSSR count). The molecule has 4 nitrogen and oxygen atoms in total. The van der Waals surface area contributed by atoms with Crippen molar-refractivity contribution in [1.29, 1.82) is 0 Å². The van der Waals surface area contributed by atoms with E-state index in [0.717, 1.165) is 5.56 Å². The predicted octanol–water partition coefficient (Wildman–Crippen LogP) is 3.24. The smallest absolute Gasteiger partial charge is 0.335 e. The molecule has 0 amide bonds. The third kappa shape index (κ3) is 3.44. The van der Waals surface area contributed by atoms with Crippen LogP contribution in [0.3, 0.4) is 0 Å². The number of carboxylic acids is 1. The van der Waals surface area contributed by atoms with Crippen LogP contribution in [-0.4, -0.2) is 28.9 Å². The fourth-order valence-corrected chi connectivity index (χ4v) is 2.46. The molecule has 1 unspecified atom stereocenters. The van der Waals surface area contributed by atoms with Crippen LogP contribution < -0.4 is 4.74 Å². The summed E-state index contributed by atoms with van der Waals surface area (Å²) in [7, 11) is 1.53. The maximum Gasteiger partial charge on any atom is 0.335 e. The molecule has 1 aromatic carbocycles. The number of carbonyl (C=O) groups is 1. The van der Waals surface area contributed by atoms with Crippen LogP contribution in [0.4, 0.5) is 0 Å². The summed E-state index contributed by atoms with van der Waals surface area (Å²) in [4.78, 5) is 11.2. The first kappa shape index (κ1) is 16.8. The first-order valence-electron chi connectivity index (χ1n) is 6.46. The number of aliphatic carboxylic acids is 1. The average molecular weight is 301 g/mol. The summed E-state index contributed by atoms with van der Waals surface area (Å²) in [6.45, 7) is 5.44. The molecule has 0 bridgehead atoms. The molecule has 0 aliphatic carbocycles. The zero-order chi connectivity index (χ0) is 15.6. The lowest BCUT2D eigenvalue weighted by Gasteiger charge is -2.33. The van der Waals surface area contributed by atoms with Crippen molar-refractivity contribution in [2.24, 2.45) is 0 Å². The summed E-state index contributed by atoms with van der Waals surface area (Å²) in [5, 5.41) is 19.9. The second-order valence-corrected chi connectivity index (χ2v) is 6.01. The standard InChI is InChI=1S/C15H21ClO4/c1-5-15(19,13(17)18)9-14(2,3)10-6-7-11(16)12(8-10)20-4/h6-8,19H,5,9H2,1-4H3,(H,17,18). The van der Waals surface area contributed by atoms with Crippen LogP contribution in [0.5, 0.6) is 5.75 Å². The highest BCUT2D eigenvalue weighted by molar-refractivity contribution is 6.32. The first-order valence-corrected chi connectivity index (χ1v) is 6.84. The van der Waals surface area contributed by atoms with Crippen LogP contribution in [0.1, 0.15) is 39.2 Å². The second kappa shape index (κ2) is 6.02. The van der Waals surface area contributed by atoms with Gasteiger partial charge in [0.25, 0.3) is 0 Å². The van der Waals surface area contributed by atoms with Gasteiger partial charge in [-0.25, -0.2) is 4.79 Å². The van der Waals surface area contributed by atoms with E-state index in [2.05, 4.69) is 0 Å². The monoisotopic (exact) mass is 300 g/mol. The van der Waals surface area contributed by atoms with E-state index in [-0.39, 0.29) is 12.8 Å². The summed E-state index contributed by atoms with van der Waals surface area (Å²) in [6.07, 6.45) is 0.257. The number of ether oxygens (including phenoxy) is 1. The zero-order valence-corrected chi connectivity index (χ0v) is 13.0. The number of rotatable bonds is 6. The van der Waals surface area contributed by atoms with Gasteiger partial charge in [0.2, 0.25) is 0 Å². The highest BCUT2D eigenvalue weighted by Crippen LogP contribution is 2.37. The van der Waals surface area contributed by atoms with Gasteiger partial charge in [-0.1, -0.05) is 38.4 Å². The zero-order valence-electron chi connectivity index (χ0n) is 12.2. The van der Waals surface area contributed by atoms with Crippen LogP contribution in [0, 0.1) is 0 Å².